The number of benzene rings is 2. The third-order valence-corrected chi connectivity index (χ3v) is 4.25. The highest BCUT2D eigenvalue weighted by atomic mass is 35.5. The molecule has 1 N–H and O–H groups in total. The van der Waals surface area contributed by atoms with E-state index in [9.17, 15) is 5.11 Å². The number of ether oxygens (including phenoxy) is 1. The second-order valence-electron chi connectivity index (χ2n) is 6.05. The molecule has 23 heavy (non-hydrogen) atoms. The first-order chi connectivity index (χ1) is 10.7. The lowest BCUT2D eigenvalue weighted by Crippen LogP contribution is -2.47. The van der Waals surface area contributed by atoms with Crippen molar-refractivity contribution in [3.63, 3.8) is 0 Å². The summed E-state index contributed by atoms with van der Waals surface area (Å²) in [6.07, 6.45) is -0.456. The molecule has 1 saturated heterocycles. The maximum Gasteiger partial charge on any atom is 0.127 e. The SMILES string of the molecule is CN1CCN(CC(O)COc2cccc3ccccc23)CC1.Cl. The fourth-order valence-corrected chi connectivity index (χ4v) is 2.89. The molecule has 1 unspecified atom stereocenters. The number of hydrogen-bond donors (Lipinski definition) is 1. The van der Waals surface area contributed by atoms with Crippen molar-refractivity contribution in [2.45, 2.75) is 6.10 Å². The van der Waals surface area contributed by atoms with Gasteiger partial charge in [0, 0.05) is 38.1 Å². The van der Waals surface area contributed by atoms with Gasteiger partial charge in [-0.2, -0.15) is 0 Å². The Morgan fingerprint density at radius 2 is 1.74 bits per heavy atom. The molecule has 2 aromatic carbocycles. The summed E-state index contributed by atoms with van der Waals surface area (Å²) >= 11 is 0. The predicted molar refractivity (Wildman–Crippen MR) is 96.6 cm³/mol. The Kier molecular flexibility index (Phi) is 6.66. The van der Waals surface area contributed by atoms with E-state index in [1.807, 2.05) is 24.3 Å². The first kappa shape index (κ1) is 18.0. The van der Waals surface area contributed by atoms with Crippen LogP contribution in [0, 0.1) is 0 Å². The smallest absolute Gasteiger partial charge is 0.127 e. The van der Waals surface area contributed by atoms with Crippen molar-refractivity contribution in [3.8, 4) is 5.75 Å². The number of hydrogen-bond acceptors (Lipinski definition) is 4. The number of halogens is 1. The lowest BCUT2D eigenvalue weighted by Gasteiger charge is -2.33. The normalized spacial score (nSPS) is 17.7. The van der Waals surface area contributed by atoms with Gasteiger partial charge in [0.1, 0.15) is 18.5 Å². The Hall–Kier alpha value is -1.33. The summed E-state index contributed by atoms with van der Waals surface area (Å²) in [5.41, 5.74) is 0. The first-order valence-corrected chi connectivity index (χ1v) is 7.92. The second-order valence-corrected chi connectivity index (χ2v) is 6.05. The minimum atomic E-state index is -0.456. The van der Waals surface area contributed by atoms with E-state index in [4.69, 9.17) is 4.74 Å². The van der Waals surface area contributed by atoms with Crippen molar-refractivity contribution in [3.05, 3.63) is 42.5 Å². The first-order valence-electron chi connectivity index (χ1n) is 7.92. The summed E-state index contributed by atoms with van der Waals surface area (Å²) < 4.78 is 5.86. The molecule has 1 atom stereocenters. The number of likely N-dealkylation sites (N-methyl/N-ethyl adjacent to an activating group) is 1. The van der Waals surface area contributed by atoms with Crippen molar-refractivity contribution >= 4 is 23.2 Å². The van der Waals surface area contributed by atoms with Crippen LogP contribution in [0.5, 0.6) is 5.75 Å². The van der Waals surface area contributed by atoms with Gasteiger partial charge in [0.2, 0.25) is 0 Å². The van der Waals surface area contributed by atoms with Gasteiger partial charge in [-0.15, -0.1) is 12.4 Å². The number of nitrogens with zero attached hydrogens (tertiary/aromatic N) is 2. The Labute approximate surface area is 144 Å². The van der Waals surface area contributed by atoms with Crippen LogP contribution in [0.1, 0.15) is 0 Å². The van der Waals surface area contributed by atoms with Gasteiger partial charge in [-0.3, -0.25) is 4.90 Å². The molecule has 1 fully saturated rings. The molecule has 0 spiro atoms. The van der Waals surface area contributed by atoms with Crippen LogP contribution in [0.25, 0.3) is 10.8 Å². The fourth-order valence-electron chi connectivity index (χ4n) is 2.89. The molecule has 0 saturated carbocycles. The van der Waals surface area contributed by atoms with Crippen LogP contribution >= 0.6 is 12.4 Å². The monoisotopic (exact) mass is 336 g/mol. The Balaban J connectivity index is 0.00000192. The number of piperazine rings is 1. The van der Waals surface area contributed by atoms with Crippen molar-refractivity contribution in [2.75, 3.05) is 46.4 Å². The van der Waals surface area contributed by atoms with Crippen LogP contribution in [-0.4, -0.2) is 67.4 Å². The number of fused-ring (bicyclic) bond motifs is 1. The van der Waals surface area contributed by atoms with Gasteiger partial charge in [-0.1, -0.05) is 36.4 Å². The third-order valence-electron chi connectivity index (χ3n) is 4.25. The lowest BCUT2D eigenvalue weighted by molar-refractivity contribution is 0.0509. The Morgan fingerprint density at radius 3 is 2.52 bits per heavy atom. The number of rotatable bonds is 5. The van der Waals surface area contributed by atoms with Gasteiger partial charge in [-0.05, 0) is 18.5 Å². The van der Waals surface area contributed by atoms with Crippen molar-refractivity contribution in [2.24, 2.45) is 0 Å². The predicted octanol–water partition coefficient (Wildman–Crippen LogP) is 2.25. The molecular formula is C18H25ClN2O2. The summed E-state index contributed by atoms with van der Waals surface area (Å²) in [4.78, 5) is 4.62. The van der Waals surface area contributed by atoms with E-state index in [0.29, 0.717) is 13.2 Å². The lowest BCUT2D eigenvalue weighted by atomic mass is 10.1. The summed E-state index contributed by atoms with van der Waals surface area (Å²) in [6, 6.07) is 14.2. The largest absolute Gasteiger partial charge is 0.490 e. The molecule has 1 aliphatic rings. The molecule has 0 radical (unpaired) electrons. The average Bonchev–Trinajstić information content (AvgIpc) is 2.55. The fraction of sp³-hybridized carbons (Fsp3) is 0.444. The Morgan fingerprint density at radius 1 is 1.04 bits per heavy atom. The standard InChI is InChI=1S/C18H24N2O2.ClH/c1-19-9-11-20(12-10-19)13-16(21)14-22-18-8-4-6-15-5-2-3-7-17(15)18;/h2-8,16,21H,9-14H2,1H3;1H. The van der Waals surface area contributed by atoms with Crippen LogP contribution in [0.2, 0.25) is 0 Å². The molecule has 126 valence electrons. The summed E-state index contributed by atoms with van der Waals surface area (Å²) in [6.45, 7) is 5.18. The van der Waals surface area contributed by atoms with Crippen LogP contribution in [-0.2, 0) is 0 Å². The van der Waals surface area contributed by atoms with Gasteiger partial charge in [0.15, 0.2) is 0 Å². The maximum absolute atomic E-state index is 10.2. The van der Waals surface area contributed by atoms with Crippen LogP contribution < -0.4 is 4.74 Å². The number of aliphatic hydroxyl groups excluding tert-OH is 1. The molecule has 2 aromatic rings. The highest BCUT2D eigenvalue weighted by molar-refractivity contribution is 5.88. The molecule has 3 rings (SSSR count). The van der Waals surface area contributed by atoms with Gasteiger partial charge in [0.05, 0.1) is 0 Å². The quantitative estimate of drug-likeness (QED) is 0.908. The summed E-state index contributed by atoms with van der Waals surface area (Å²) in [7, 11) is 2.14. The average molecular weight is 337 g/mol. The highest BCUT2D eigenvalue weighted by Crippen LogP contribution is 2.25. The molecular weight excluding hydrogens is 312 g/mol. The zero-order valence-corrected chi connectivity index (χ0v) is 14.3. The second kappa shape index (κ2) is 8.50. The topological polar surface area (TPSA) is 35.9 Å². The molecule has 1 aliphatic heterocycles. The zero-order valence-electron chi connectivity index (χ0n) is 13.5. The van der Waals surface area contributed by atoms with E-state index in [1.165, 1.54) is 0 Å². The highest BCUT2D eigenvalue weighted by Gasteiger charge is 2.17. The van der Waals surface area contributed by atoms with E-state index >= 15 is 0 Å². The van der Waals surface area contributed by atoms with Gasteiger partial charge < -0.3 is 14.7 Å². The molecule has 0 aliphatic carbocycles. The molecule has 4 nitrogen and oxygen atoms in total. The minimum Gasteiger partial charge on any atom is -0.490 e. The van der Waals surface area contributed by atoms with E-state index < -0.39 is 6.10 Å². The minimum absolute atomic E-state index is 0. The summed E-state index contributed by atoms with van der Waals surface area (Å²) in [5.74, 6) is 0.843. The number of aliphatic hydroxyl groups is 1. The molecule has 0 aromatic heterocycles. The van der Waals surface area contributed by atoms with E-state index in [2.05, 4.69) is 35.0 Å². The third kappa shape index (κ3) is 4.82. The molecule has 5 heteroatoms. The van der Waals surface area contributed by atoms with Crippen molar-refractivity contribution < 1.29 is 9.84 Å². The maximum atomic E-state index is 10.2. The molecule has 1 heterocycles. The van der Waals surface area contributed by atoms with E-state index in [-0.39, 0.29) is 12.4 Å². The van der Waals surface area contributed by atoms with Crippen molar-refractivity contribution in [1.29, 1.82) is 0 Å². The van der Waals surface area contributed by atoms with Crippen LogP contribution in [0.4, 0.5) is 0 Å². The number of β-amino-alcohol motifs (C(OH)–C–C–N with tert-alkyl or cyclic N) is 1. The van der Waals surface area contributed by atoms with Crippen LogP contribution in [0.15, 0.2) is 42.5 Å². The summed E-state index contributed by atoms with van der Waals surface area (Å²) in [5, 5.41) is 12.5. The van der Waals surface area contributed by atoms with Crippen molar-refractivity contribution in [1.82, 2.24) is 9.80 Å². The van der Waals surface area contributed by atoms with Gasteiger partial charge in [0.25, 0.3) is 0 Å². The zero-order chi connectivity index (χ0) is 15.4. The van der Waals surface area contributed by atoms with Gasteiger partial charge >= 0.3 is 0 Å². The van der Waals surface area contributed by atoms with Gasteiger partial charge in [-0.25, -0.2) is 0 Å². The molecule has 0 bridgehead atoms. The van der Waals surface area contributed by atoms with Crippen LogP contribution in [0.3, 0.4) is 0 Å². The van der Waals surface area contributed by atoms with E-state index in [1.54, 1.807) is 0 Å². The van der Waals surface area contributed by atoms with E-state index in [0.717, 1.165) is 42.7 Å². The molecule has 0 amide bonds. The Bertz CT molecular complexity index is 609.